The van der Waals surface area contributed by atoms with E-state index in [0.717, 1.165) is 19.4 Å². The SMILES string of the molecule is CC.CCCCn1c(=O)c(Oc2ccccc2F)cc2cnc(NCC3CC3)nc21. The van der Waals surface area contributed by atoms with Crippen LogP contribution in [0.4, 0.5) is 10.3 Å². The zero-order chi connectivity index (χ0) is 21.5. The van der Waals surface area contributed by atoms with Crippen LogP contribution < -0.4 is 15.6 Å². The van der Waals surface area contributed by atoms with Gasteiger partial charge >= 0.3 is 0 Å². The van der Waals surface area contributed by atoms with Crippen LogP contribution in [0, 0.1) is 11.7 Å². The molecule has 1 N–H and O–H groups in total. The minimum absolute atomic E-state index is 0.0182. The Labute approximate surface area is 176 Å². The van der Waals surface area contributed by atoms with Crippen LogP contribution in [0.2, 0.25) is 0 Å². The van der Waals surface area contributed by atoms with E-state index in [2.05, 4.69) is 22.2 Å². The number of halogens is 1. The van der Waals surface area contributed by atoms with Gasteiger partial charge in [-0.1, -0.05) is 39.3 Å². The standard InChI is InChI=1S/C21H23FN4O2.C2H6/c1-2-3-10-26-19-15(13-24-21(25-19)23-12-14-8-9-14)11-18(20(26)27)28-17-7-5-4-6-16(17)22;1-2/h4-7,11,13-14H,2-3,8-10,12H2,1H3,(H,23,24,25);1-2H3. The molecule has 0 saturated heterocycles. The van der Waals surface area contributed by atoms with Crippen LogP contribution in [-0.2, 0) is 6.54 Å². The van der Waals surface area contributed by atoms with Crippen molar-refractivity contribution in [2.24, 2.45) is 5.92 Å². The molecule has 1 aromatic carbocycles. The quantitative estimate of drug-likeness (QED) is 0.539. The van der Waals surface area contributed by atoms with Gasteiger partial charge in [0.15, 0.2) is 17.3 Å². The number of pyridine rings is 1. The first-order valence-corrected chi connectivity index (χ1v) is 10.7. The van der Waals surface area contributed by atoms with Gasteiger partial charge < -0.3 is 10.1 Å². The van der Waals surface area contributed by atoms with Gasteiger partial charge in [0.25, 0.3) is 5.56 Å². The topological polar surface area (TPSA) is 69.0 Å². The Morgan fingerprint density at radius 3 is 2.70 bits per heavy atom. The lowest BCUT2D eigenvalue weighted by Crippen LogP contribution is -2.23. The highest BCUT2D eigenvalue weighted by molar-refractivity contribution is 5.77. The highest BCUT2D eigenvalue weighted by atomic mass is 19.1. The number of aryl methyl sites for hydroxylation is 1. The van der Waals surface area contributed by atoms with E-state index in [1.165, 1.54) is 25.0 Å². The van der Waals surface area contributed by atoms with Crippen LogP contribution in [0.1, 0.15) is 46.5 Å². The molecular formula is C23H29FN4O2. The van der Waals surface area contributed by atoms with Crippen LogP contribution in [0.5, 0.6) is 11.5 Å². The van der Waals surface area contributed by atoms with E-state index in [0.29, 0.717) is 29.4 Å². The normalized spacial score (nSPS) is 12.9. The third kappa shape index (κ3) is 5.14. The van der Waals surface area contributed by atoms with Crippen molar-refractivity contribution in [2.45, 2.75) is 53.0 Å². The van der Waals surface area contributed by atoms with Crippen LogP contribution >= 0.6 is 0 Å². The van der Waals surface area contributed by atoms with Gasteiger partial charge in [0.1, 0.15) is 5.65 Å². The third-order valence-electron chi connectivity index (χ3n) is 4.83. The Bertz CT molecular complexity index is 1050. The number of nitrogens with zero attached hydrogens (tertiary/aromatic N) is 3. The highest BCUT2D eigenvalue weighted by Gasteiger charge is 2.21. The number of para-hydroxylation sites is 1. The first-order chi connectivity index (χ1) is 14.7. The number of rotatable bonds is 8. The lowest BCUT2D eigenvalue weighted by molar-refractivity contribution is 0.431. The van der Waals surface area contributed by atoms with E-state index in [4.69, 9.17) is 4.74 Å². The summed E-state index contributed by atoms with van der Waals surface area (Å²) in [5, 5.41) is 3.92. The second kappa shape index (κ2) is 10.2. The Kier molecular flexibility index (Phi) is 7.38. The summed E-state index contributed by atoms with van der Waals surface area (Å²) >= 11 is 0. The second-order valence-corrected chi connectivity index (χ2v) is 7.15. The van der Waals surface area contributed by atoms with E-state index < -0.39 is 5.82 Å². The summed E-state index contributed by atoms with van der Waals surface area (Å²) in [6.07, 6.45) is 5.90. The van der Waals surface area contributed by atoms with Crippen LogP contribution in [0.25, 0.3) is 11.0 Å². The number of aromatic nitrogens is 3. The van der Waals surface area contributed by atoms with Crippen molar-refractivity contribution in [1.29, 1.82) is 0 Å². The van der Waals surface area contributed by atoms with Crippen LogP contribution in [0.3, 0.4) is 0 Å². The molecule has 2 aromatic heterocycles. The van der Waals surface area contributed by atoms with Gasteiger partial charge in [0.2, 0.25) is 5.95 Å². The Hall–Kier alpha value is -2.96. The summed E-state index contributed by atoms with van der Waals surface area (Å²) in [7, 11) is 0. The van der Waals surface area contributed by atoms with Crippen molar-refractivity contribution in [3.05, 3.63) is 52.7 Å². The zero-order valence-corrected chi connectivity index (χ0v) is 17.8. The molecule has 30 heavy (non-hydrogen) atoms. The molecule has 0 radical (unpaired) electrons. The van der Waals surface area contributed by atoms with Gasteiger partial charge in [-0.15, -0.1) is 0 Å². The average Bonchev–Trinajstić information content (AvgIpc) is 3.60. The number of benzene rings is 1. The van der Waals surface area contributed by atoms with Gasteiger partial charge in [-0.25, -0.2) is 9.37 Å². The Morgan fingerprint density at radius 2 is 2.00 bits per heavy atom. The highest BCUT2D eigenvalue weighted by Crippen LogP contribution is 2.29. The van der Waals surface area contributed by atoms with Gasteiger partial charge in [0, 0.05) is 24.7 Å². The summed E-state index contributed by atoms with van der Waals surface area (Å²) in [4.78, 5) is 21.9. The van der Waals surface area contributed by atoms with E-state index in [1.54, 1.807) is 29.0 Å². The summed E-state index contributed by atoms with van der Waals surface area (Å²) in [6, 6.07) is 7.61. The maximum atomic E-state index is 14.0. The van der Waals surface area contributed by atoms with Crippen molar-refractivity contribution in [1.82, 2.24) is 14.5 Å². The lowest BCUT2D eigenvalue weighted by Gasteiger charge is -2.13. The molecule has 7 heteroatoms. The summed E-state index contributed by atoms with van der Waals surface area (Å²) in [5.41, 5.74) is 0.240. The number of fused-ring (bicyclic) bond motifs is 1. The Morgan fingerprint density at radius 1 is 1.23 bits per heavy atom. The van der Waals surface area contributed by atoms with Gasteiger partial charge in [0.05, 0.1) is 0 Å². The van der Waals surface area contributed by atoms with Crippen molar-refractivity contribution in [3.8, 4) is 11.5 Å². The van der Waals surface area contributed by atoms with Crippen LogP contribution in [-0.4, -0.2) is 21.1 Å². The molecule has 160 valence electrons. The fraction of sp³-hybridized carbons (Fsp3) is 0.435. The molecule has 1 fully saturated rings. The molecule has 4 rings (SSSR count). The van der Waals surface area contributed by atoms with Crippen molar-refractivity contribution >= 4 is 17.0 Å². The van der Waals surface area contributed by atoms with E-state index >= 15 is 0 Å². The van der Waals surface area contributed by atoms with E-state index in [9.17, 15) is 9.18 Å². The van der Waals surface area contributed by atoms with Gasteiger partial charge in [-0.05, 0) is 43.4 Å². The Balaban J connectivity index is 0.00000124. The molecule has 2 heterocycles. The van der Waals surface area contributed by atoms with Gasteiger partial charge in [-0.2, -0.15) is 4.98 Å². The molecule has 0 unspecified atom stereocenters. The van der Waals surface area contributed by atoms with Crippen molar-refractivity contribution in [3.63, 3.8) is 0 Å². The van der Waals surface area contributed by atoms with Gasteiger partial charge in [-0.3, -0.25) is 9.36 Å². The summed E-state index contributed by atoms with van der Waals surface area (Å²) in [6.45, 7) is 7.42. The molecule has 1 aliphatic carbocycles. The maximum Gasteiger partial charge on any atom is 0.295 e. The zero-order valence-electron chi connectivity index (χ0n) is 17.8. The van der Waals surface area contributed by atoms with Crippen molar-refractivity contribution < 1.29 is 9.13 Å². The first kappa shape index (κ1) is 21.7. The minimum atomic E-state index is -0.516. The molecule has 1 aliphatic rings. The predicted molar refractivity (Wildman–Crippen MR) is 118 cm³/mol. The smallest absolute Gasteiger partial charge is 0.295 e. The molecule has 0 spiro atoms. The number of nitrogens with one attached hydrogen (secondary N) is 1. The molecule has 0 atom stereocenters. The fourth-order valence-electron chi connectivity index (χ4n) is 3.02. The molecule has 0 aliphatic heterocycles. The monoisotopic (exact) mass is 412 g/mol. The second-order valence-electron chi connectivity index (χ2n) is 7.15. The number of hydrogen-bond acceptors (Lipinski definition) is 5. The summed E-state index contributed by atoms with van der Waals surface area (Å²) < 4.78 is 21.2. The average molecular weight is 413 g/mol. The fourth-order valence-corrected chi connectivity index (χ4v) is 3.02. The maximum absolute atomic E-state index is 14.0. The molecule has 0 amide bonds. The van der Waals surface area contributed by atoms with Crippen LogP contribution in [0.15, 0.2) is 41.3 Å². The van der Waals surface area contributed by atoms with E-state index in [1.807, 2.05) is 13.8 Å². The summed E-state index contributed by atoms with van der Waals surface area (Å²) in [5.74, 6) is 0.781. The first-order valence-electron chi connectivity index (χ1n) is 10.7. The number of anilines is 1. The molecule has 6 nitrogen and oxygen atoms in total. The number of ether oxygens (including phenoxy) is 1. The molecule has 1 saturated carbocycles. The minimum Gasteiger partial charge on any atom is -0.448 e. The number of hydrogen-bond donors (Lipinski definition) is 1. The predicted octanol–water partition coefficient (Wildman–Crippen LogP) is 5.37. The molecule has 0 bridgehead atoms. The third-order valence-corrected chi connectivity index (χ3v) is 4.83. The van der Waals surface area contributed by atoms with E-state index in [-0.39, 0.29) is 17.1 Å². The molecule has 3 aromatic rings. The van der Waals surface area contributed by atoms with Crippen molar-refractivity contribution in [2.75, 3.05) is 11.9 Å². The molecular weight excluding hydrogens is 383 g/mol. The largest absolute Gasteiger partial charge is 0.448 e. The lowest BCUT2D eigenvalue weighted by atomic mass is 10.2. The number of unbranched alkanes of at least 4 members (excludes halogenated alkanes) is 1.